The van der Waals surface area contributed by atoms with Crippen molar-refractivity contribution < 1.29 is 9.53 Å². The van der Waals surface area contributed by atoms with Crippen LogP contribution in [0.25, 0.3) is 0 Å². The van der Waals surface area contributed by atoms with E-state index in [2.05, 4.69) is 13.0 Å². The van der Waals surface area contributed by atoms with E-state index in [1.54, 1.807) is 11.9 Å². The molecule has 0 bridgehead atoms. The Labute approximate surface area is 126 Å². The van der Waals surface area contributed by atoms with Crippen molar-refractivity contribution in [1.82, 2.24) is 4.90 Å². The largest absolute Gasteiger partial charge is 0.484 e. The van der Waals surface area contributed by atoms with E-state index >= 15 is 0 Å². The zero-order chi connectivity index (χ0) is 15.1. The Morgan fingerprint density at radius 3 is 2.48 bits per heavy atom. The Morgan fingerprint density at radius 2 is 1.76 bits per heavy atom. The second kappa shape index (κ2) is 7.48. The van der Waals surface area contributed by atoms with Crippen LogP contribution in [0.4, 0.5) is 0 Å². The van der Waals surface area contributed by atoms with E-state index in [4.69, 9.17) is 4.74 Å². The Kier molecular flexibility index (Phi) is 5.38. The van der Waals surface area contributed by atoms with Gasteiger partial charge >= 0.3 is 0 Å². The summed E-state index contributed by atoms with van der Waals surface area (Å²) >= 11 is 0. The first-order chi connectivity index (χ1) is 10.2. The van der Waals surface area contributed by atoms with Gasteiger partial charge in [0.05, 0.1) is 0 Å². The van der Waals surface area contributed by atoms with E-state index in [0.29, 0.717) is 6.54 Å². The predicted octanol–water partition coefficient (Wildman–Crippen LogP) is 3.29. The average molecular weight is 283 g/mol. The Morgan fingerprint density at radius 1 is 1.05 bits per heavy atom. The van der Waals surface area contributed by atoms with Gasteiger partial charge in [0.15, 0.2) is 6.61 Å². The SMILES string of the molecule is CCc1cccc(OCC(=O)N(C)Cc2ccccc2)c1. The first-order valence-electron chi connectivity index (χ1n) is 7.18. The molecule has 0 saturated carbocycles. The van der Waals surface area contributed by atoms with E-state index in [1.807, 2.05) is 48.5 Å². The maximum Gasteiger partial charge on any atom is 0.260 e. The molecule has 0 aromatic heterocycles. The summed E-state index contributed by atoms with van der Waals surface area (Å²) < 4.78 is 5.58. The van der Waals surface area contributed by atoms with Crippen molar-refractivity contribution in [2.75, 3.05) is 13.7 Å². The van der Waals surface area contributed by atoms with E-state index in [-0.39, 0.29) is 12.5 Å². The van der Waals surface area contributed by atoms with Gasteiger partial charge in [-0.25, -0.2) is 0 Å². The Hall–Kier alpha value is -2.29. The normalized spacial score (nSPS) is 10.2. The summed E-state index contributed by atoms with van der Waals surface area (Å²) in [6, 6.07) is 17.8. The van der Waals surface area contributed by atoms with Gasteiger partial charge in [-0.1, -0.05) is 49.4 Å². The monoisotopic (exact) mass is 283 g/mol. The molecule has 1 amide bonds. The lowest BCUT2D eigenvalue weighted by atomic mass is 10.2. The van der Waals surface area contributed by atoms with Gasteiger partial charge in [0.2, 0.25) is 0 Å². The maximum absolute atomic E-state index is 12.1. The van der Waals surface area contributed by atoms with Gasteiger partial charge in [-0.05, 0) is 29.7 Å². The molecular weight excluding hydrogens is 262 g/mol. The molecule has 0 saturated heterocycles. The minimum absolute atomic E-state index is 0.0271. The molecule has 0 N–H and O–H groups in total. The van der Waals surface area contributed by atoms with Gasteiger partial charge in [0, 0.05) is 13.6 Å². The molecule has 0 unspecified atom stereocenters. The lowest BCUT2D eigenvalue weighted by molar-refractivity contribution is -0.132. The van der Waals surface area contributed by atoms with Crippen LogP contribution >= 0.6 is 0 Å². The van der Waals surface area contributed by atoms with Crippen molar-refractivity contribution in [2.45, 2.75) is 19.9 Å². The number of likely N-dealkylation sites (N-methyl/N-ethyl adjacent to an activating group) is 1. The molecule has 0 aliphatic rings. The molecule has 0 atom stereocenters. The average Bonchev–Trinajstić information content (AvgIpc) is 2.53. The number of ether oxygens (including phenoxy) is 1. The van der Waals surface area contributed by atoms with Crippen LogP contribution in [-0.2, 0) is 17.8 Å². The van der Waals surface area contributed by atoms with Gasteiger partial charge in [-0.2, -0.15) is 0 Å². The molecule has 21 heavy (non-hydrogen) atoms. The standard InChI is InChI=1S/C18H21NO2/c1-3-15-10-7-11-17(12-15)21-14-18(20)19(2)13-16-8-5-4-6-9-16/h4-12H,3,13-14H2,1-2H3. The molecule has 0 radical (unpaired) electrons. The highest BCUT2D eigenvalue weighted by Crippen LogP contribution is 2.14. The molecule has 2 rings (SSSR count). The second-order valence-corrected chi connectivity index (χ2v) is 5.03. The smallest absolute Gasteiger partial charge is 0.260 e. The van der Waals surface area contributed by atoms with Gasteiger partial charge < -0.3 is 9.64 Å². The van der Waals surface area contributed by atoms with Gasteiger partial charge in [-0.15, -0.1) is 0 Å². The van der Waals surface area contributed by atoms with Gasteiger partial charge in [-0.3, -0.25) is 4.79 Å². The fraction of sp³-hybridized carbons (Fsp3) is 0.278. The highest BCUT2D eigenvalue weighted by atomic mass is 16.5. The van der Waals surface area contributed by atoms with Crippen molar-refractivity contribution in [3.05, 3.63) is 65.7 Å². The molecule has 3 nitrogen and oxygen atoms in total. The van der Waals surface area contributed by atoms with Crippen LogP contribution in [0, 0.1) is 0 Å². The first kappa shape index (κ1) is 15.1. The summed E-state index contributed by atoms with van der Waals surface area (Å²) in [5.41, 5.74) is 2.32. The summed E-state index contributed by atoms with van der Waals surface area (Å²) in [5.74, 6) is 0.719. The van der Waals surface area contributed by atoms with Crippen LogP contribution in [0.3, 0.4) is 0 Å². The summed E-state index contributed by atoms with van der Waals surface area (Å²) in [5, 5.41) is 0. The first-order valence-corrected chi connectivity index (χ1v) is 7.18. The third kappa shape index (κ3) is 4.63. The van der Waals surface area contributed by atoms with E-state index in [0.717, 1.165) is 17.7 Å². The number of hydrogen-bond donors (Lipinski definition) is 0. The molecule has 0 spiro atoms. The predicted molar refractivity (Wildman–Crippen MR) is 84.2 cm³/mol. The minimum atomic E-state index is -0.0271. The number of rotatable bonds is 6. The lowest BCUT2D eigenvalue weighted by Crippen LogP contribution is -2.30. The third-order valence-electron chi connectivity index (χ3n) is 3.36. The number of benzene rings is 2. The van der Waals surface area contributed by atoms with Crippen molar-refractivity contribution >= 4 is 5.91 Å². The molecule has 0 fully saturated rings. The summed E-state index contributed by atoms with van der Waals surface area (Å²) in [4.78, 5) is 13.8. The van der Waals surface area contributed by atoms with Crippen LogP contribution in [0.2, 0.25) is 0 Å². The minimum Gasteiger partial charge on any atom is -0.484 e. The fourth-order valence-electron chi connectivity index (χ4n) is 2.06. The summed E-state index contributed by atoms with van der Waals surface area (Å²) in [6.45, 7) is 2.76. The molecule has 0 aliphatic heterocycles. The van der Waals surface area contributed by atoms with Crippen LogP contribution in [0.1, 0.15) is 18.1 Å². The van der Waals surface area contributed by atoms with Crippen LogP contribution in [0.5, 0.6) is 5.75 Å². The molecule has 0 heterocycles. The van der Waals surface area contributed by atoms with Crippen LogP contribution in [-0.4, -0.2) is 24.5 Å². The number of carbonyl (C=O) groups is 1. The number of amides is 1. The number of carbonyl (C=O) groups excluding carboxylic acids is 1. The number of aryl methyl sites for hydroxylation is 1. The topological polar surface area (TPSA) is 29.5 Å². The fourth-order valence-corrected chi connectivity index (χ4v) is 2.06. The maximum atomic E-state index is 12.1. The van der Waals surface area contributed by atoms with E-state index in [1.165, 1.54) is 5.56 Å². The molecule has 2 aromatic carbocycles. The highest BCUT2D eigenvalue weighted by molar-refractivity contribution is 5.77. The van der Waals surface area contributed by atoms with Gasteiger partial charge in [0.25, 0.3) is 5.91 Å². The van der Waals surface area contributed by atoms with Crippen molar-refractivity contribution in [2.24, 2.45) is 0 Å². The number of hydrogen-bond acceptors (Lipinski definition) is 2. The molecule has 0 aliphatic carbocycles. The van der Waals surface area contributed by atoms with Crippen molar-refractivity contribution in [3.63, 3.8) is 0 Å². The Bertz CT molecular complexity index is 581. The summed E-state index contributed by atoms with van der Waals surface area (Å²) in [6.07, 6.45) is 0.957. The van der Waals surface area contributed by atoms with Crippen molar-refractivity contribution in [3.8, 4) is 5.75 Å². The highest BCUT2D eigenvalue weighted by Gasteiger charge is 2.10. The van der Waals surface area contributed by atoms with Crippen LogP contribution in [0.15, 0.2) is 54.6 Å². The molecular formula is C18H21NO2. The van der Waals surface area contributed by atoms with Crippen molar-refractivity contribution in [1.29, 1.82) is 0 Å². The van der Waals surface area contributed by atoms with Crippen LogP contribution < -0.4 is 4.74 Å². The van der Waals surface area contributed by atoms with E-state index < -0.39 is 0 Å². The third-order valence-corrected chi connectivity index (χ3v) is 3.36. The van der Waals surface area contributed by atoms with E-state index in [9.17, 15) is 4.79 Å². The quantitative estimate of drug-likeness (QED) is 0.814. The lowest BCUT2D eigenvalue weighted by Gasteiger charge is -2.17. The molecule has 3 heteroatoms. The zero-order valence-corrected chi connectivity index (χ0v) is 12.6. The summed E-state index contributed by atoms with van der Waals surface area (Å²) in [7, 11) is 1.79. The zero-order valence-electron chi connectivity index (χ0n) is 12.6. The molecule has 110 valence electrons. The number of nitrogens with zero attached hydrogens (tertiary/aromatic N) is 1. The molecule has 2 aromatic rings. The Balaban J connectivity index is 1.86. The second-order valence-electron chi connectivity index (χ2n) is 5.03. The van der Waals surface area contributed by atoms with Gasteiger partial charge in [0.1, 0.15) is 5.75 Å².